The van der Waals surface area contributed by atoms with E-state index in [1.165, 1.54) is 11.9 Å². The zero-order chi connectivity index (χ0) is 23.3. The van der Waals surface area contributed by atoms with E-state index in [2.05, 4.69) is 21.2 Å². The molecule has 1 N–H and O–H groups in total. The van der Waals surface area contributed by atoms with Gasteiger partial charge in [-0.05, 0) is 55.3 Å². The Morgan fingerprint density at radius 2 is 1.87 bits per heavy atom. The molecule has 10 heteroatoms. The lowest BCUT2D eigenvalue weighted by atomic mass is 10.1. The fourth-order valence-electron chi connectivity index (χ4n) is 3.02. The molecule has 2 aromatic carbocycles. The van der Waals surface area contributed by atoms with Crippen LogP contribution in [0.15, 0.2) is 46.9 Å². The number of benzene rings is 2. The normalized spacial score (nSPS) is 12.2. The molecule has 0 unspecified atom stereocenters. The zero-order valence-corrected chi connectivity index (χ0v) is 20.9. The molecule has 0 heterocycles. The van der Waals surface area contributed by atoms with E-state index in [1.807, 2.05) is 6.92 Å². The molecular formula is C21H25BrClN3O4S. The summed E-state index contributed by atoms with van der Waals surface area (Å²) in [4.78, 5) is 26.9. The third-order valence-corrected chi connectivity index (χ3v) is 7.03. The number of carbonyl (C=O) groups excluding carboxylic acids is 2. The number of aryl methyl sites for hydroxylation is 1. The highest BCUT2D eigenvalue weighted by atomic mass is 79.9. The van der Waals surface area contributed by atoms with Crippen LogP contribution in [0.2, 0.25) is 5.02 Å². The molecule has 0 bridgehead atoms. The van der Waals surface area contributed by atoms with Gasteiger partial charge in [-0.25, -0.2) is 8.42 Å². The summed E-state index contributed by atoms with van der Waals surface area (Å²) >= 11 is 9.45. The minimum absolute atomic E-state index is 0.102. The molecule has 0 aliphatic rings. The van der Waals surface area contributed by atoms with Crippen LogP contribution in [-0.4, -0.2) is 51.0 Å². The minimum Gasteiger partial charge on any atom is -0.357 e. The first-order chi connectivity index (χ1) is 14.4. The van der Waals surface area contributed by atoms with Gasteiger partial charge in [-0.2, -0.15) is 0 Å². The maximum atomic E-state index is 13.3. The SMILES string of the molecule is CNC(=O)[C@@H](C)N(Cc1cccc(Cl)c1)C(=O)CN(c1ccc(Br)c(C)c1)S(C)(=O)=O. The van der Waals surface area contributed by atoms with Crippen molar-refractivity contribution in [1.29, 1.82) is 0 Å². The maximum Gasteiger partial charge on any atom is 0.244 e. The van der Waals surface area contributed by atoms with Crippen LogP contribution in [0.25, 0.3) is 0 Å². The molecule has 0 aromatic heterocycles. The van der Waals surface area contributed by atoms with Crippen LogP contribution in [0.3, 0.4) is 0 Å². The summed E-state index contributed by atoms with van der Waals surface area (Å²) in [7, 11) is -2.28. The number of hydrogen-bond acceptors (Lipinski definition) is 4. The lowest BCUT2D eigenvalue weighted by Crippen LogP contribution is -2.50. The van der Waals surface area contributed by atoms with Crippen LogP contribution >= 0.6 is 27.5 Å². The summed E-state index contributed by atoms with van der Waals surface area (Å²) in [5.41, 5.74) is 1.92. The van der Waals surface area contributed by atoms with E-state index < -0.39 is 28.5 Å². The average molecular weight is 531 g/mol. The van der Waals surface area contributed by atoms with Gasteiger partial charge in [-0.3, -0.25) is 13.9 Å². The first-order valence-corrected chi connectivity index (χ1v) is 12.5. The molecule has 7 nitrogen and oxygen atoms in total. The Morgan fingerprint density at radius 3 is 2.42 bits per heavy atom. The molecule has 0 spiro atoms. The third kappa shape index (κ3) is 6.69. The predicted molar refractivity (Wildman–Crippen MR) is 127 cm³/mol. The molecule has 2 aromatic rings. The van der Waals surface area contributed by atoms with E-state index in [9.17, 15) is 18.0 Å². The van der Waals surface area contributed by atoms with Crippen LogP contribution in [-0.2, 0) is 26.2 Å². The Hall–Kier alpha value is -2.10. The summed E-state index contributed by atoms with van der Waals surface area (Å²) < 4.78 is 26.9. The number of carbonyl (C=O) groups is 2. The minimum atomic E-state index is -3.76. The molecule has 0 saturated heterocycles. The summed E-state index contributed by atoms with van der Waals surface area (Å²) in [5.74, 6) is -0.872. The van der Waals surface area contributed by atoms with E-state index in [0.717, 1.165) is 26.2 Å². The Labute approximate surface area is 196 Å². The van der Waals surface area contributed by atoms with Gasteiger partial charge in [0.2, 0.25) is 21.8 Å². The van der Waals surface area contributed by atoms with Crippen LogP contribution in [0.5, 0.6) is 0 Å². The topological polar surface area (TPSA) is 86.8 Å². The number of likely N-dealkylation sites (N-methyl/N-ethyl adjacent to an activating group) is 1. The zero-order valence-electron chi connectivity index (χ0n) is 17.7. The van der Waals surface area contributed by atoms with Crippen molar-refractivity contribution in [3.8, 4) is 0 Å². The summed E-state index contributed by atoms with van der Waals surface area (Å²) in [5, 5.41) is 3.03. The summed E-state index contributed by atoms with van der Waals surface area (Å²) in [6.07, 6.45) is 1.04. The van der Waals surface area contributed by atoms with Crippen molar-refractivity contribution in [3.05, 3.63) is 63.1 Å². The fourth-order valence-corrected chi connectivity index (χ4v) is 4.32. The van der Waals surface area contributed by atoms with Crippen molar-refractivity contribution in [2.75, 3.05) is 24.2 Å². The van der Waals surface area contributed by atoms with E-state index in [4.69, 9.17) is 11.6 Å². The van der Waals surface area contributed by atoms with Gasteiger partial charge < -0.3 is 10.2 Å². The predicted octanol–water partition coefficient (Wildman–Crippen LogP) is 3.34. The highest BCUT2D eigenvalue weighted by Crippen LogP contribution is 2.25. The number of halogens is 2. The molecule has 0 aliphatic carbocycles. The molecule has 2 rings (SSSR count). The second kappa shape index (κ2) is 10.5. The van der Waals surface area contributed by atoms with Crippen molar-refractivity contribution < 1.29 is 18.0 Å². The number of anilines is 1. The standard InChI is InChI=1S/C21H25BrClN3O4S/c1-14-10-18(8-9-19(14)22)26(31(4,29)30)13-20(27)25(15(2)21(28)24-3)12-16-6-5-7-17(23)11-16/h5-11,15H,12-13H2,1-4H3,(H,24,28)/t15-/m1/s1. The maximum absolute atomic E-state index is 13.3. The molecule has 31 heavy (non-hydrogen) atoms. The van der Waals surface area contributed by atoms with Gasteiger partial charge in [-0.1, -0.05) is 39.7 Å². The lowest BCUT2D eigenvalue weighted by Gasteiger charge is -2.31. The van der Waals surface area contributed by atoms with Crippen LogP contribution in [0.4, 0.5) is 5.69 Å². The number of nitrogens with zero attached hydrogens (tertiary/aromatic N) is 2. The van der Waals surface area contributed by atoms with E-state index in [0.29, 0.717) is 10.7 Å². The van der Waals surface area contributed by atoms with Gasteiger partial charge >= 0.3 is 0 Å². The second-order valence-corrected chi connectivity index (χ2v) is 10.3. The number of nitrogens with one attached hydrogen (secondary N) is 1. The number of sulfonamides is 1. The largest absolute Gasteiger partial charge is 0.357 e. The molecule has 0 fully saturated rings. The van der Waals surface area contributed by atoms with Gasteiger partial charge in [0.25, 0.3) is 0 Å². The van der Waals surface area contributed by atoms with E-state index in [-0.39, 0.29) is 12.5 Å². The Bertz CT molecular complexity index is 1080. The molecule has 0 saturated carbocycles. The highest BCUT2D eigenvalue weighted by Gasteiger charge is 2.29. The number of hydrogen-bond donors (Lipinski definition) is 1. The summed E-state index contributed by atoms with van der Waals surface area (Å²) in [6, 6.07) is 11.2. The number of rotatable bonds is 8. The number of amides is 2. The Morgan fingerprint density at radius 1 is 1.19 bits per heavy atom. The van der Waals surface area contributed by atoms with E-state index >= 15 is 0 Å². The third-order valence-electron chi connectivity index (χ3n) is 4.76. The molecule has 2 amide bonds. The molecule has 0 radical (unpaired) electrons. The smallest absolute Gasteiger partial charge is 0.244 e. The monoisotopic (exact) mass is 529 g/mol. The fraction of sp³-hybridized carbons (Fsp3) is 0.333. The van der Waals surface area contributed by atoms with Gasteiger partial charge in [-0.15, -0.1) is 0 Å². The van der Waals surface area contributed by atoms with Crippen molar-refractivity contribution in [2.45, 2.75) is 26.4 Å². The highest BCUT2D eigenvalue weighted by molar-refractivity contribution is 9.10. The quantitative estimate of drug-likeness (QED) is 0.567. The Balaban J connectivity index is 2.40. The first-order valence-electron chi connectivity index (χ1n) is 9.43. The van der Waals surface area contributed by atoms with Gasteiger partial charge in [0.15, 0.2) is 0 Å². The first kappa shape index (κ1) is 25.2. The van der Waals surface area contributed by atoms with Crippen molar-refractivity contribution in [1.82, 2.24) is 10.2 Å². The summed E-state index contributed by atoms with van der Waals surface area (Å²) in [6.45, 7) is 3.08. The van der Waals surface area contributed by atoms with Crippen molar-refractivity contribution in [3.63, 3.8) is 0 Å². The Kier molecular flexibility index (Phi) is 8.50. The van der Waals surface area contributed by atoms with Crippen molar-refractivity contribution in [2.24, 2.45) is 0 Å². The van der Waals surface area contributed by atoms with Gasteiger partial charge in [0, 0.05) is 23.1 Å². The molecule has 1 atom stereocenters. The van der Waals surface area contributed by atoms with Crippen LogP contribution in [0, 0.1) is 6.92 Å². The average Bonchev–Trinajstić information content (AvgIpc) is 2.70. The van der Waals surface area contributed by atoms with Gasteiger partial charge in [0.1, 0.15) is 12.6 Å². The van der Waals surface area contributed by atoms with Crippen LogP contribution < -0.4 is 9.62 Å². The van der Waals surface area contributed by atoms with Crippen LogP contribution in [0.1, 0.15) is 18.1 Å². The lowest BCUT2D eigenvalue weighted by molar-refractivity contribution is -0.139. The molecular weight excluding hydrogens is 506 g/mol. The van der Waals surface area contributed by atoms with E-state index in [1.54, 1.807) is 49.4 Å². The molecule has 0 aliphatic heterocycles. The molecule has 168 valence electrons. The van der Waals surface area contributed by atoms with Crippen molar-refractivity contribution >= 4 is 55.1 Å². The second-order valence-electron chi connectivity index (χ2n) is 7.14. The van der Waals surface area contributed by atoms with Gasteiger partial charge in [0.05, 0.1) is 11.9 Å².